The Morgan fingerprint density at radius 1 is 1.32 bits per heavy atom. The molecule has 0 unspecified atom stereocenters. The minimum Gasteiger partial charge on any atom is -0.369 e. The van der Waals surface area contributed by atoms with Crippen LogP contribution < -0.4 is 5.32 Å². The van der Waals surface area contributed by atoms with Crippen LogP contribution in [0.5, 0.6) is 0 Å². The third-order valence-electron chi connectivity index (χ3n) is 4.23. The van der Waals surface area contributed by atoms with Crippen LogP contribution in [0, 0.1) is 0 Å². The number of hydrogen-bond acceptors (Lipinski definition) is 2. The van der Waals surface area contributed by atoms with Gasteiger partial charge in [0.2, 0.25) is 0 Å². The Bertz CT molecular complexity index is 628. The number of anilines is 1. The average Bonchev–Trinajstić information content (AvgIpc) is 2.90. The molecule has 1 aromatic heterocycles. The molecule has 4 rings (SSSR count). The zero-order valence-corrected chi connectivity index (χ0v) is 11.5. The number of fused-ring (bicyclic) bond motifs is 1. The van der Waals surface area contributed by atoms with Gasteiger partial charge in [0, 0.05) is 23.0 Å². The molecule has 1 saturated carbocycles. The van der Waals surface area contributed by atoms with Gasteiger partial charge in [-0.2, -0.15) is 5.10 Å². The van der Waals surface area contributed by atoms with Crippen LogP contribution in [-0.4, -0.2) is 16.3 Å². The summed E-state index contributed by atoms with van der Waals surface area (Å²) >= 11 is 6.09. The van der Waals surface area contributed by atoms with E-state index in [9.17, 15) is 0 Å². The maximum atomic E-state index is 6.09. The van der Waals surface area contributed by atoms with Gasteiger partial charge in [0.15, 0.2) is 0 Å². The number of benzene rings is 1. The molecule has 2 aliphatic rings. The van der Waals surface area contributed by atoms with E-state index in [2.05, 4.69) is 11.4 Å². The van der Waals surface area contributed by atoms with Gasteiger partial charge in [-0.15, -0.1) is 0 Å². The standard InChI is InChI=1S/C15H16ClN3/c16-11-5-2-6-12(9-11)19-15-13(7-8-17-15)14(18-19)10-3-1-4-10/h2,5-6,9-10,17H,1,3-4,7-8H2. The zero-order valence-electron chi connectivity index (χ0n) is 10.7. The Balaban J connectivity index is 1.84. The van der Waals surface area contributed by atoms with Gasteiger partial charge in [-0.3, -0.25) is 0 Å². The Kier molecular flexibility index (Phi) is 2.55. The number of aromatic nitrogens is 2. The molecule has 3 nitrogen and oxygen atoms in total. The van der Waals surface area contributed by atoms with Crippen molar-refractivity contribution >= 4 is 17.4 Å². The first-order valence-corrected chi connectivity index (χ1v) is 7.32. The Morgan fingerprint density at radius 2 is 2.21 bits per heavy atom. The van der Waals surface area contributed by atoms with Gasteiger partial charge in [0.05, 0.1) is 11.4 Å². The fraction of sp³-hybridized carbons (Fsp3) is 0.400. The predicted molar refractivity (Wildman–Crippen MR) is 77.4 cm³/mol. The maximum absolute atomic E-state index is 6.09. The van der Waals surface area contributed by atoms with Crippen LogP contribution in [-0.2, 0) is 6.42 Å². The highest BCUT2D eigenvalue weighted by Gasteiger charge is 2.30. The van der Waals surface area contributed by atoms with Gasteiger partial charge >= 0.3 is 0 Å². The summed E-state index contributed by atoms with van der Waals surface area (Å²) in [6, 6.07) is 7.90. The summed E-state index contributed by atoms with van der Waals surface area (Å²) in [7, 11) is 0. The molecular weight excluding hydrogens is 258 g/mol. The summed E-state index contributed by atoms with van der Waals surface area (Å²) in [5.41, 5.74) is 3.78. The first-order chi connectivity index (χ1) is 9.33. The van der Waals surface area contributed by atoms with E-state index < -0.39 is 0 Å². The lowest BCUT2D eigenvalue weighted by Gasteiger charge is -2.24. The Morgan fingerprint density at radius 3 is 2.95 bits per heavy atom. The predicted octanol–water partition coefficient (Wildman–Crippen LogP) is 3.76. The van der Waals surface area contributed by atoms with Crippen LogP contribution in [0.25, 0.3) is 5.69 Å². The van der Waals surface area contributed by atoms with Crippen LogP contribution in [0.15, 0.2) is 24.3 Å². The lowest BCUT2D eigenvalue weighted by atomic mass is 9.81. The zero-order chi connectivity index (χ0) is 12.8. The van der Waals surface area contributed by atoms with E-state index in [0.717, 1.165) is 23.7 Å². The highest BCUT2D eigenvalue weighted by molar-refractivity contribution is 6.30. The summed E-state index contributed by atoms with van der Waals surface area (Å²) in [5.74, 6) is 1.85. The lowest BCUT2D eigenvalue weighted by Crippen LogP contribution is -2.12. The van der Waals surface area contributed by atoms with Crippen molar-refractivity contribution in [3.63, 3.8) is 0 Å². The molecule has 2 heterocycles. The molecule has 1 fully saturated rings. The molecule has 0 spiro atoms. The van der Waals surface area contributed by atoms with Crippen molar-refractivity contribution in [1.82, 2.24) is 9.78 Å². The monoisotopic (exact) mass is 273 g/mol. The summed E-state index contributed by atoms with van der Waals surface area (Å²) in [6.45, 7) is 1.02. The van der Waals surface area contributed by atoms with E-state index in [4.69, 9.17) is 16.7 Å². The largest absolute Gasteiger partial charge is 0.369 e. The van der Waals surface area contributed by atoms with Crippen molar-refractivity contribution in [1.29, 1.82) is 0 Å². The van der Waals surface area contributed by atoms with Gasteiger partial charge in [0.25, 0.3) is 0 Å². The number of halogens is 1. The van der Waals surface area contributed by atoms with Crippen molar-refractivity contribution in [2.24, 2.45) is 0 Å². The van der Waals surface area contributed by atoms with Crippen molar-refractivity contribution < 1.29 is 0 Å². The molecule has 1 aliphatic heterocycles. The Hall–Kier alpha value is -1.48. The molecule has 19 heavy (non-hydrogen) atoms. The summed E-state index contributed by atoms with van der Waals surface area (Å²) < 4.78 is 2.03. The van der Waals surface area contributed by atoms with Crippen molar-refractivity contribution in [3.05, 3.63) is 40.5 Å². The van der Waals surface area contributed by atoms with Gasteiger partial charge in [-0.25, -0.2) is 4.68 Å². The average molecular weight is 274 g/mol. The van der Waals surface area contributed by atoms with E-state index >= 15 is 0 Å². The fourth-order valence-electron chi connectivity index (χ4n) is 3.01. The first-order valence-electron chi connectivity index (χ1n) is 6.94. The summed E-state index contributed by atoms with van der Waals surface area (Å²) in [5, 5.41) is 9.08. The molecule has 1 aromatic carbocycles. The number of nitrogens with zero attached hydrogens (tertiary/aromatic N) is 2. The van der Waals surface area contributed by atoms with Crippen molar-refractivity contribution in [2.75, 3.05) is 11.9 Å². The quantitative estimate of drug-likeness (QED) is 0.903. The van der Waals surface area contributed by atoms with Gasteiger partial charge in [-0.05, 0) is 37.5 Å². The summed E-state index contributed by atoms with van der Waals surface area (Å²) in [4.78, 5) is 0. The minimum atomic E-state index is 0.675. The van der Waals surface area contributed by atoms with E-state index in [1.807, 2.05) is 22.9 Å². The SMILES string of the molecule is Clc1cccc(-n2nc(C3CCC3)c3c2NCC3)c1. The van der Waals surface area contributed by atoms with Crippen molar-refractivity contribution in [2.45, 2.75) is 31.6 Å². The molecular formula is C15H16ClN3. The molecule has 0 saturated heterocycles. The van der Waals surface area contributed by atoms with E-state index in [0.29, 0.717) is 5.92 Å². The first kappa shape index (κ1) is 11.4. The van der Waals surface area contributed by atoms with Crippen molar-refractivity contribution in [3.8, 4) is 5.69 Å². The van der Waals surface area contributed by atoms with Gasteiger partial charge in [0.1, 0.15) is 5.82 Å². The third-order valence-corrected chi connectivity index (χ3v) is 4.46. The lowest BCUT2D eigenvalue weighted by molar-refractivity contribution is 0.407. The smallest absolute Gasteiger partial charge is 0.133 e. The van der Waals surface area contributed by atoms with Crippen LogP contribution in [0.4, 0.5) is 5.82 Å². The topological polar surface area (TPSA) is 29.9 Å². The number of rotatable bonds is 2. The second kappa shape index (κ2) is 4.27. The summed E-state index contributed by atoms with van der Waals surface area (Å²) in [6.07, 6.45) is 5.02. The number of nitrogens with one attached hydrogen (secondary N) is 1. The normalized spacial score (nSPS) is 17.9. The van der Waals surface area contributed by atoms with E-state index in [1.54, 1.807) is 0 Å². The molecule has 0 amide bonds. The Labute approximate surface area is 117 Å². The minimum absolute atomic E-state index is 0.675. The molecule has 1 aliphatic carbocycles. The number of hydrogen-bond donors (Lipinski definition) is 1. The van der Waals surface area contributed by atoms with E-state index in [1.165, 1.54) is 36.3 Å². The molecule has 0 radical (unpaired) electrons. The molecule has 1 N–H and O–H groups in total. The van der Waals surface area contributed by atoms with E-state index in [-0.39, 0.29) is 0 Å². The van der Waals surface area contributed by atoms with Crippen LogP contribution >= 0.6 is 11.6 Å². The molecule has 0 bridgehead atoms. The molecule has 0 atom stereocenters. The second-order valence-electron chi connectivity index (χ2n) is 5.41. The fourth-order valence-corrected chi connectivity index (χ4v) is 3.19. The highest BCUT2D eigenvalue weighted by atomic mass is 35.5. The van der Waals surface area contributed by atoms with Crippen LogP contribution in [0.3, 0.4) is 0 Å². The van der Waals surface area contributed by atoms with Crippen LogP contribution in [0.2, 0.25) is 5.02 Å². The molecule has 98 valence electrons. The third kappa shape index (κ3) is 1.76. The molecule has 2 aromatic rings. The van der Waals surface area contributed by atoms with Gasteiger partial charge < -0.3 is 5.32 Å². The molecule has 4 heteroatoms. The highest BCUT2D eigenvalue weighted by Crippen LogP contribution is 2.41. The maximum Gasteiger partial charge on any atom is 0.133 e. The van der Waals surface area contributed by atoms with Gasteiger partial charge in [-0.1, -0.05) is 24.1 Å². The second-order valence-corrected chi connectivity index (χ2v) is 5.85. The van der Waals surface area contributed by atoms with Crippen LogP contribution in [0.1, 0.15) is 36.4 Å².